The Morgan fingerprint density at radius 2 is 1.77 bits per heavy atom. The normalized spacial score (nSPS) is 10.8. The third-order valence-corrected chi connectivity index (χ3v) is 3.96. The van der Waals surface area contributed by atoms with Crippen LogP contribution in [0.3, 0.4) is 0 Å². The number of rotatable bonds is 6. The van der Waals surface area contributed by atoms with Crippen LogP contribution < -0.4 is 10.2 Å². The molecule has 26 heavy (non-hydrogen) atoms. The Bertz CT molecular complexity index is 869. The fourth-order valence-electron chi connectivity index (χ4n) is 2.61. The van der Waals surface area contributed by atoms with Crippen molar-refractivity contribution in [1.29, 1.82) is 0 Å². The van der Waals surface area contributed by atoms with E-state index in [4.69, 9.17) is 0 Å². The summed E-state index contributed by atoms with van der Waals surface area (Å²) >= 11 is 0. The fourth-order valence-corrected chi connectivity index (χ4v) is 2.61. The van der Waals surface area contributed by atoms with Crippen LogP contribution in [0, 0.1) is 11.6 Å². The van der Waals surface area contributed by atoms with Crippen molar-refractivity contribution in [3.8, 4) is 0 Å². The van der Waals surface area contributed by atoms with Crippen LogP contribution in [0.4, 0.5) is 26.1 Å². The lowest BCUT2D eigenvalue weighted by Gasteiger charge is -2.28. The zero-order chi connectivity index (χ0) is 18.5. The molecule has 134 valence electrons. The first-order valence-electron chi connectivity index (χ1n) is 8.37. The minimum Gasteiger partial charge on any atom is -0.350 e. The van der Waals surface area contributed by atoms with Crippen molar-refractivity contribution in [2.45, 2.75) is 26.4 Å². The first-order chi connectivity index (χ1) is 12.5. The Kier molecular flexibility index (Phi) is 5.41. The highest BCUT2D eigenvalue weighted by molar-refractivity contribution is 5.60. The van der Waals surface area contributed by atoms with Gasteiger partial charge in [0.25, 0.3) is 0 Å². The number of aromatic nitrogens is 2. The molecule has 0 radical (unpaired) electrons. The molecule has 4 nitrogen and oxygen atoms in total. The van der Waals surface area contributed by atoms with Gasteiger partial charge in [-0.05, 0) is 31.5 Å². The van der Waals surface area contributed by atoms with Crippen molar-refractivity contribution >= 4 is 17.3 Å². The van der Waals surface area contributed by atoms with Crippen molar-refractivity contribution in [1.82, 2.24) is 9.97 Å². The number of nitrogens with zero attached hydrogens (tertiary/aromatic N) is 3. The molecule has 0 atom stereocenters. The van der Waals surface area contributed by atoms with Gasteiger partial charge in [-0.15, -0.1) is 0 Å². The third-order valence-electron chi connectivity index (χ3n) is 3.96. The molecule has 0 aliphatic heterocycles. The lowest BCUT2D eigenvalue weighted by atomic mass is 10.2. The van der Waals surface area contributed by atoms with E-state index in [9.17, 15) is 8.78 Å². The third kappa shape index (κ3) is 4.33. The quantitative estimate of drug-likeness (QED) is 0.683. The maximum Gasteiger partial charge on any atom is 0.149 e. The molecule has 3 aromatic rings. The molecule has 3 rings (SSSR count). The molecule has 0 fully saturated rings. The maximum absolute atomic E-state index is 13.9. The van der Waals surface area contributed by atoms with Gasteiger partial charge in [0, 0.05) is 24.7 Å². The van der Waals surface area contributed by atoms with E-state index < -0.39 is 11.6 Å². The number of benzene rings is 2. The summed E-state index contributed by atoms with van der Waals surface area (Å²) in [6, 6.07) is 15.4. The molecule has 0 unspecified atom stereocenters. The molecule has 0 amide bonds. The predicted octanol–water partition coefficient (Wildman–Crippen LogP) is 4.91. The number of hydrogen-bond donors (Lipinski definition) is 1. The molecule has 0 aliphatic carbocycles. The summed E-state index contributed by atoms with van der Waals surface area (Å²) in [6.45, 7) is 4.86. The Morgan fingerprint density at radius 1 is 1.00 bits per heavy atom. The predicted molar refractivity (Wildman–Crippen MR) is 99.4 cm³/mol. The van der Waals surface area contributed by atoms with Gasteiger partial charge in [-0.25, -0.2) is 18.7 Å². The lowest BCUT2D eigenvalue weighted by molar-refractivity contribution is 0.586. The number of nitrogens with one attached hydrogen (secondary N) is 1. The van der Waals surface area contributed by atoms with E-state index in [1.807, 2.05) is 18.2 Å². The second kappa shape index (κ2) is 7.91. The van der Waals surface area contributed by atoms with Crippen LogP contribution in [-0.2, 0) is 6.54 Å². The van der Waals surface area contributed by atoms with Gasteiger partial charge in [-0.2, -0.15) is 0 Å². The molecule has 0 bridgehead atoms. The molecule has 0 saturated heterocycles. The van der Waals surface area contributed by atoms with Crippen LogP contribution in [0.15, 0.2) is 60.9 Å². The summed E-state index contributed by atoms with van der Waals surface area (Å²) in [4.78, 5) is 10.6. The van der Waals surface area contributed by atoms with Crippen molar-refractivity contribution in [3.63, 3.8) is 0 Å². The minimum absolute atomic E-state index is 0.162. The highest BCUT2D eigenvalue weighted by Crippen LogP contribution is 2.23. The Balaban J connectivity index is 1.84. The zero-order valence-electron chi connectivity index (χ0n) is 14.7. The maximum atomic E-state index is 13.9. The average Bonchev–Trinajstić information content (AvgIpc) is 2.63. The van der Waals surface area contributed by atoms with E-state index in [1.165, 1.54) is 24.0 Å². The van der Waals surface area contributed by atoms with Crippen molar-refractivity contribution in [2.75, 3.05) is 10.2 Å². The molecule has 1 N–H and O–H groups in total. The van der Waals surface area contributed by atoms with Crippen LogP contribution in [0.25, 0.3) is 0 Å². The van der Waals surface area contributed by atoms with Gasteiger partial charge >= 0.3 is 0 Å². The molecular formula is C20H20F2N4. The molecule has 0 saturated carbocycles. The van der Waals surface area contributed by atoms with E-state index >= 15 is 0 Å². The van der Waals surface area contributed by atoms with E-state index in [2.05, 4.69) is 46.2 Å². The zero-order valence-corrected chi connectivity index (χ0v) is 14.7. The second-order valence-corrected chi connectivity index (χ2v) is 6.22. The highest BCUT2D eigenvalue weighted by Gasteiger charge is 2.14. The molecule has 0 spiro atoms. The van der Waals surface area contributed by atoms with Crippen LogP contribution >= 0.6 is 0 Å². The first kappa shape index (κ1) is 17.8. The summed E-state index contributed by atoms with van der Waals surface area (Å²) in [5, 5.41) is 2.88. The summed E-state index contributed by atoms with van der Waals surface area (Å²) in [7, 11) is 0. The molecule has 1 heterocycles. The van der Waals surface area contributed by atoms with Gasteiger partial charge in [-0.3, -0.25) is 0 Å². The van der Waals surface area contributed by atoms with Gasteiger partial charge in [-0.1, -0.05) is 30.3 Å². The van der Waals surface area contributed by atoms with Crippen molar-refractivity contribution < 1.29 is 8.78 Å². The molecule has 2 aromatic carbocycles. The van der Waals surface area contributed by atoms with Crippen LogP contribution in [0.1, 0.15) is 19.4 Å². The van der Waals surface area contributed by atoms with Gasteiger partial charge in [0.2, 0.25) is 0 Å². The Labute approximate surface area is 151 Å². The number of hydrogen-bond acceptors (Lipinski definition) is 4. The summed E-state index contributed by atoms with van der Waals surface area (Å²) in [5.41, 5.74) is 1.33. The summed E-state index contributed by atoms with van der Waals surface area (Å²) in [5.74, 6) is -0.122. The van der Waals surface area contributed by atoms with E-state index in [0.717, 1.165) is 11.9 Å². The van der Waals surface area contributed by atoms with Crippen LogP contribution in [-0.4, -0.2) is 16.0 Å². The monoisotopic (exact) mass is 354 g/mol. The minimum atomic E-state index is -0.671. The largest absolute Gasteiger partial charge is 0.350 e. The summed E-state index contributed by atoms with van der Waals surface area (Å²) in [6.07, 6.45) is 1.43. The van der Waals surface area contributed by atoms with Crippen LogP contribution in [0.5, 0.6) is 0 Å². The number of halogens is 2. The summed E-state index contributed by atoms with van der Waals surface area (Å²) < 4.78 is 26.9. The van der Waals surface area contributed by atoms with E-state index in [-0.39, 0.29) is 11.7 Å². The first-order valence-corrected chi connectivity index (χ1v) is 8.37. The molecule has 1 aromatic heterocycles. The molecule has 0 aliphatic rings. The van der Waals surface area contributed by atoms with Gasteiger partial charge < -0.3 is 10.2 Å². The number of anilines is 3. The van der Waals surface area contributed by atoms with Gasteiger partial charge in [0.15, 0.2) is 0 Å². The van der Waals surface area contributed by atoms with Crippen molar-refractivity contribution in [2.24, 2.45) is 0 Å². The standard InChI is InChI=1S/C20H20F2N4/c1-14(2)26(12-15-6-4-3-5-7-15)20-11-19(23-13-24-20)25-18-9-8-16(21)10-17(18)22/h3-11,13-14H,12H2,1-2H3,(H,23,24,25). The van der Waals surface area contributed by atoms with Gasteiger partial charge in [0.05, 0.1) is 5.69 Å². The Hall–Kier alpha value is -3.02. The van der Waals surface area contributed by atoms with Crippen LogP contribution in [0.2, 0.25) is 0 Å². The smallest absolute Gasteiger partial charge is 0.149 e. The SMILES string of the molecule is CC(C)N(Cc1ccccc1)c1cc(Nc2ccc(F)cc2F)ncn1. The van der Waals surface area contributed by atoms with Crippen molar-refractivity contribution in [3.05, 3.63) is 78.1 Å². The second-order valence-electron chi connectivity index (χ2n) is 6.22. The lowest BCUT2D eigenvalue weighted by Crippen LogP contribution is -2.31. The van der Waals surface area contributed by atoms with E-state index in [1.54, 1.807) is 6.07 Å². The Morgan fingerprint density at radius 3 is 2.46 bits per heavy atom. The highest BCUT2D eigenvalue weighted by atomic mass is 19.1. The fraction of sp³-hybridized carbons (Fsp3) is 0.200. The van der Waals surface area contributed by atoms with E-state index in [0.29, 0.717) is 12.4 Å². The van der Waals surface area contributed by atoms with Gasteiger partial charge in [0.1, 0.15) is 29.6 Å². The molecular weight excluding hydrogens is 334 g/mol. The topological polar surface area (TPSA) is 41.0 Å². The molecule has 6 heteroatoms. The average molecular weight is 354 g/mol.